The molecule has 3 rings (SSSR count). The van der Waals surface area contributed by atoms with Gasteiger partial charge in [0, 0.05) is 64.8 Å². The molecule has 34 heavy (non-hydrogen) atoms. The van der Waals surface area contributed by atoms with Gasteiger partial charge in [-0.2, -0.15) is 0 Å². The van der Waals surface area contributed by atoms with Crippen molar-refractivity contribution in [1.82, 2.24) is 4.90 Å². The van der Waals surface area contributed by atoms with E-state index >= 15 is 0 Å². The summed E-state index contributed by atoms with van der Waals surface area (Å²) >= 11 is 10.8. The van der Waals surface area contributed by atoms with Gasteiger partial charge < -0.3 is 0 Å². The second-order valence-electron chi connectivity index (χ2n) is 7.04. The summed E-state index contributed by atoms with van der Waals surface area (Å²) in [5.74, 6) is 0. The van der Waals surface area contributed by atoms with Crippen LogP contribution in [0.4, 0.5) is 17.1 Å². The largest absolute Gasteiger partial charge is 0.290 e. The highest BCUT2D eigenvalue weighted by Crippen LogP contribution is 2.31. The third-order valence-corrected chi connectivity index (χ3v) is 7.07. The topological polar surface area (TPSA) is 150 Å². The van der Waals surface area contributed by atoms with Gasteiger partial charge in [-0.1, -0.05) is 81.3 Å². The van der Waals surface area contributed by atoms with Crippen molar-refractivity contribution in [3.63, 3.8) is 0 Å². The smallest absolute Gasteiger partial charge is 0.0379 e. The monoisotopic (exact) mass is 644 g/mol. The van der Waals surface area contributed by atoms with E-state index in [4.69, 9.17) is 16.6 Å². The molecular formula is C21H15Br3N10. The quantitative estimate of drug-likeness (QED) is 0.127. The third-order valence-electron chi connectivity index (χ3n) is 4.75. The molecule has 0 aliphatic heterocycles. The van der Waals surface area contributed by atoms with Crippen molar-refractivity contribution in [3.05, 3.63) is 116 Å². The Morgan fingerprint density at radius 1 is 0.559 bits per heavy atom. The number of hydrogen-bond acceptors (Lipinski definition) is 4. The Hall–Kier alpha value is -3.01. The first-order chi connectivity index (χ1) is 16.4. The van der Waals surface area contributed by atoms with Gasteiger partial charge in [-0.25, -0.2) is 0 Å². The van der Waals surface area contributed by atoms with Gasteiger partial charge in [0.15, 0.2) is 0 Å². The lowest BCUT2D eigenvalue weighted by Gasteiger charge is -2.25. The van der Waals surface area contributed by atoms with Gasteiger partial charge in [-0.05, 0) is 69.7 Å². The van der Waals surface area contributed by atoms with E-state index in [0.717, 1.165) is 30.1 Å². The zero-order chi connectivity index (χ0) is 24.5. The maximum atomic E-state index is 8.81. The van der Waals surface area contributed by atoms with Crippen molar-refractivity contribution in [1.29, 1.82) is 0 Å². The average molecular weight is 647 g/mol. The molecule has 0 radical (unpaired) electrons. The van der Waals surface area contributed by atoms with E-state index in [1.807, 2.05) is 36.4 Å². The minimum Gasteiger partial charge on any atom is -0.290 e. The predicted molar refractivity (Wildman–Crippen MR) is 142 cm³/mol. The Labute approximate surface area is 219 Å². The maximum absolute atomic E-state index is 8.81. The fourth-order valence-corrected chi connectivity index (χ4v) is 4.39. The van der Waals surface area contributed by atoms with Crippen molar-refractivity contribution in [2.75, 3.05) is 0 Å². The van der Waals surface area contributed by atoms with Crippen LogP contribution in [0.5, 0.6) is 0 Å². The summed E-state index contributed by atoms with van der Waals surface area (Å²) in [5, 5.41) is 11.1. The third kappa shape index (κ3) is 6.99. The van der Waals surface area contributed by atoms with Gasteiger partial charge in [0.2, 0.25) is 0 Å². The lowest BCUT2D eigenvalue weighted by Crippen LogP contribution is -2.23. The minimum atomic E-state index is 0.506. The van der Waals surface area contributed by atoms with Crippen LogP contribution in [0.1, 0.15) is 16.7 Å². The van der Waals surface area contributed by atoms with Gasteiger partial charge in [0.1, 0.15) is 0 Å². The molecule has 0 aliphatic rings. The predicted octanol–water partition coefficient (Wildman–Crippen LogP) is 10.0. The molecule has 0 atom stereocenters. The second-order valence-corrected chi connectivity index (χ2v) is 9.60. The Bertz CT molecular complexity index is 1190. The van der Waals surface area contributed by atoms with E-state index in [-0.39, 0.29) is 0 Å². The molecule has 0 spiro atoms. The van der Waals surface area contributed by atoms with Crippen LogP contribution >= 0.6 is 47.8 Å². The Balaban J connectivity index is 2.02. The molecule has 0 saturated heterocycles. The molecule has 0 heterocycles. The molecule has 0 aromatic heterocycles. The molecule has 0 bridgehead atoms. The highest BCUT2D eigenvalue weighted by atomic mass is 79.9. The SMILES string of the molecule is [N-]=[N+]=Nc1ccc(Br)c(CN(Cc2cc(N=[N+]=[N-])ccc2Br)Cc2cc(N=[N+]=[N-])ccc2Br)c1. The van der Waals surface area contributed by atoms with Gasteiger partial charge in [0.25, 0.3) is 0 Å². The number of nitrogens with zero attached hydrogens (tertiary/aromatic N) is 10. The van der Waals surface area contributed by atoms with Crippen LogP contribution in [-0.2, 0) is 19.6 Å². The molecule has 3 aromatic carbocycles. The summed E-state index contributed by atoms with van der Waals surface area (Å²) in [5.41, 5.74) is 30.7. The molecule has 0 saturated carbocycles. The molecule has 0 N–H and O–H groups in total. The summed E-state index contributed by atoms with van der Waals surface area (Å²) in [6.45, 7) is 1.52. The Morgan fingerprint density at radius 2 is 0.853 bits per heavy atom. The van der Waals surface area contributed by atoms with Gasteiger partial charge in [-0.15, -0.1) is 0 Å². The Morgan fingerprint density at radius 3 is 1.12 bits per heavy atom. The van der Waals surface area contributed by atoms with Crippen LogP contribution in [0, 0.1) is 0 Å². The highest BCUT2D eigenvalue weighted by molar-refractivity contribution is 9.11. The average Bonchev–Trinajstić information content (AvgIpc) is 2.81. The van der Waals surface area contributed by atoms with Crippen molar-refractivity contribution >= 4 is 64.9 Å². The molecule has 3 aromatic rings. The van der Waals surface area contributed by atoms with E-state index in [1.54, 1.807) is 18.2 Å². The Kier molecular flexibility index (Phi) is 9.38. The molecule has 13 heteroatoms. The van der Waals surface area contributed by atoms with E-state index in [1.165, 1.54) is 0 Å². The first kappa shape index (κ1) is 25.6. The summed E-state index contributed by atoms with van der Waals surface area (Å²) in [4.78, 5) is 10.8. The molecule has 0 fully saturated rings. The summed E-state index contributed by atoms with van der Waals surface area (Å²) in [6, 6.07) is 16.2. The van der Waals surface area contributed by atoms with Crippen LogP contribution < -0.4 is 0 Å². The zero-order valence-electron chi connectivity index (χ0n) is 17.4. The lowest BCUT2D eigenvalue weighted by molar-refractivity contribution is 0.246. The highest BCUT2D eigenvalue weighted by Gasteiger charge is 2.15. The number of rotatable bonds is 9. The van der Waals surface area contributed by atoms with E-state index < -0.39 is 0 Å². The van der Waals surface area contributed by atoms with Gasteiger partial charge in [0.05, 0.1) is 0 Å². The summed E-state index contributed by atoms with van der Waals surface area (Å²) in [6.07, 6.45) is 0. The lowest BCUT2D eigenvalue weighted by atomic mass is 10.1. The molecule has 0 aliphatic carbocycles. The summed E-state index contributed by atoms with van der Waals surface area (Å²) < 4.78 is 2.62. The molecule has 170 valence electrons. The van der Waals surface area contributed by atoms with Crippen molar-refractivity contribution in [3.8, 4) is 0 Å². The van der Waals surface area contributed by atoms with Crippen LogP contribution in [0.25, 0.3) is 31.3 Å². The van der Waals surface area contributed by atoms with Crippen LogP contribution in [0.2, 0.25) is 0 Å². The van der Waals surface area contributed by atoms with Gasteiger partial charge in [-0.3, -0.25) is 4.90 Å². The van der Waals surface area contributed by atoms with Crippen LogP contribution in [0.3, 0.4) is 0 Å². The number of halogens is 3. The molecule has 0 amide bonds. The second kappa shape index (κ2) is 12.5. The van der Waals surface area contributed by atoms with E-state index in [0.29, 0.717) is 36.7 Å². The first-order valence-electron chi connectivity index (χ1n) is 9.66. The standard InChI is InChI=1S/C21H15Br3N10/c22-19-4-1-16(28-31-25)7-13(19)10-34(11-14-8-17(29-32-26)2-5-20(14)23)12-15-9-18(30-33-27)3-6-21(15)24/h1-9H,10-12H2. The number of azide groups is 3. The van der Waals surface area contributed by atoms with Crippen molar-refractivity contribution in [2.24, 2.45) is 15.3 Å². The zero-order valence-corrected chi connectivity index (χ0v) is 22.2. The van der Waals surface area contributed by atoms with E-state index in [9.17, 15) is 0 Å². The normalized spacial score (nSPS) is 10.2. The first-order valence-corrected chi connectivity index (χ1v) is 12.0. The minimum absolute atomic E-state index is 0.506. The van der Waals surface area contributed by atoms with Crippen LogP contribution in [0.15, 0.2) is 83.4 Å². The van der Waals surface area contributed by atoms with Crippen molar-refractivity contribution in [2.45, 2.75) is 19.6 Å². The van der Waals surface area contributed by atoms with Crippen molar-refractivity contribution < 1.29 is 0 Å². The van der Waals surface area contributed by atoms with E-state index in [2.05, 4.69) is 82.8 Å². The molecular weight excluding hydrogens is 632 g/mol. The van der Waals surface area contributed by atoms with Crippen LogP contribution in [-0.4, -0.2) is 4.90 Å². The number of benzene rings is 3. The molecule has 10 nitrogen and oxygen atoms in total. The fraction of sp³-hybridized carbons (Fsp3) is 0.143. The van der Waals surface area contributed by atoms with Gasteiger partial charge >= 0.3 is 0 Å². The summed E-state index contributed by atoms with van der Waals surface area (Å²) in [7, 11) is 0. The molecule has 0 unspecified atom stereocenters. The fourth-order valence-electron chi connectivity index (χ4n) is 3.28. The number of hydrogen-bond donors (Lipinski definition) is 0. The maximum Gasteiger partial charge on any atom is 0.0379 e.